The van der Waals surface area contributed by atoms with Crippen molar-refractivity contribution in [2.45, 2.75) is 45.2 Å². The van der Waals surface area contributed by atoms with Gasteiger partial charge in [-0.15, -0.1) is 6.54 Å². The second-order valence-electron chi connectivity index (χ2n) is 10.2. The molecule has 3 aromatic rings. The second-order valence-corrected chi connectivity index (χ2v) is 10.2. The summed E-state index contributed by atoms with van der Waals surface area (Å²) in [5.74, 6) is 2.64. The van der Waals surface area contributed by atoms with Gasteiger partial charge in [0.2, 0.25) is 0 Å². The number of hydrogen-bond acceptors (Lipinski definition) is 6. The molecule has 1 aromatic carbocycles. The van der Waals surface area contributed by atoms with Gasteiger partial charge in [-0.1, -0.05) is 12.1 Å². The van der Waals surface area contributed by atoms with E-state index < -0.39 is 0 Å². The Hall–Kier alpha value is -1.71. The fourth-order valence-corrected chi connectivity index (χ4v) is 5.44. The van der Waals surface area contributed by atoms with E-state index in [9.17, 15) is 9.18 Å². The van der Waals surface area contributed by atoms with E-state index in [1.54, 1.807) is 5.92 Å². The molecule has 1 saturated heterocycles. The molecule has 3 aliphatic rings. The Morgan fingerprint density at radius 2 is 1.92 bits per heavy atom. The van der Waals surface area contributed by atoms with Crippen molar-refractivity contribution in [3.05, 3.63) is 48.0 Å². The molecule has 0 unspecified atom stereocenters. The molecule has 2 aliphatic heterocycles. The van der Waals surface area contributed by atoms with Crippen LogP contribution in [0.3, 0.4) is 0 Å². The molecule has 0 bridgehead atoms. The quantitative estimate of drug-likeness (QED) is 0.333. The van der Waals surface area contributed by atoms with Crippen LogP contribution in [0.1, 0.15) is 37.2 Å². The number of piperidine rings is 1. The average molecular weight is 499 g/mol. The summed E-state index contributed by atoms with van der Waals surface area (Å²) in [6.45, 7) is 5.56. The van der Waals surface area contributed by atoms with Crippen LogP contribution in [0.25, 0.3) is 22.0 Å². The van der Waals surface area contributed by atoms with Gasteiger partial charge in [0.25, 0.3) is 0 Å². The summed E-state index contributed by atoms with van der Waals surface area (Å²) in [5, 5.41) is 5.51. The van der Waals surface area contributed by atoms with Crippen LogP contribution in [0.5, 0.6) is 0 Å². The van der Waals surface area contributed by atoms with Gasteiger partial charge < -0.3 is 10.8 Å². The smallest absolute Gasteiger partial charge is 0.332 e. The van der Waals surface area contributed by atoms with Crippen molar-refractivity contribution in [2.24, 2.45) is 5.92 Å². The fourth-order valence-electron chi connectivity index (χ4n) is 5.44. The van der Waals surface area contributed by atoms with Crippen molar-refractivity contribution in [1.82, 2.24) is 29.5 Å². The van der Waals surface area contributed by atoms with E-state index in [0.717, 1.165) is 73.3 Å². The van der Waals surface area contributed by atoms with Gasteiger partial charge in [0.05, 0.1) is 30.4 Å². The van der Waals surface area contributed by atoms with E-state index in [1.807, 2.05) is 23.1 Å². The number of benzene rings is 1. The fraction of sp³-hybridized carbons (Fsp3) is 0.519. The summed E-state index contributed by atoms with van der Waals surface area (Å²) >= 11 is 0. The van der Waals surface area contributed by atoms with E-state index in [2.05, 4.69) is 32.0 Å². The van der Waals surface area contributed by atoms with Crippen molar-refractivity contribution < 1.29 is 38.7 Å². The number of carbonyl (C=O) groups excluding carboxylic acids is 1. The van der Waals surface area contributed by atoms with Crippen molar-refractivity contribution in [2.75, 3.05) is 39.4 Å². The Kier molecular flexibility index (Phi) is 8.17. The number of ketones is 1. The van der Waals surface area contributed by atoms with Gasteiger partial charge in [-0.2, -0.15) is 5.10 Å². The summed E-state index contributed by atoms with van der Waals surface area (Å²) in [6.07, 6.45) is 8.48. The number of aromatic nitrogens is 4. The van der Waals surface area contributed by atoms with Gasteiger partial charge in [-0.05, 0) is 37.6 Å². The monoisotopic (exact) mass is 498 g/mol. The molecule has 36 heavy (non-hydrogen) atoms. The first-order valence-corrected chi connectivity index (χ1v) is 12.8. The minimum absolute atomic E-state index is 0. The molecule has 0 atom stereocenters. The van der Waals surface area contributed by atoms with Crippen molar-refractivity contribution in [1.29, 1.82) is 0 Å². The van der Waals surface area contributed by atoms with Crippen LogP contribution >= 0.6 is 0 Å². The van der Waals surface area contributed by atoms with Gasteiger partial charge in [0.1, 0.15) is 18.3 Å². The molecule has 2 fully saturated rings. The molecule has 1 aliphatic carbocycles. The van der Waals surface area contributed by atoms with Crippen molar-refractivity contribution in [3.8, 4) is 11.1 Å². The van der Waals surface area contributed by atoms with E-state index in [-0.39, 0.29) is 47.9 Å². The van der Waals surface area contributed by atoms with Crippen LogP contribution in [0.2, 0.25) is 0 Å². The average Bonchev–Trinajstić information content (AvgIpc) is 3.59. The molecule has 0 radical (unpaired) electrons. The first kappa shape index (κ1) is 25.9. The van der Waals surface area contributed by atoms with Gasteiger partial charge in [-0.25, -0.2) is 27.2 Å². The normalized spacial score (nSPS) is 19.2. The van der Waals surface area contributed by atoms with Crippen LogP contribution in [-0.4, -0.2) is 74.7 Å². The van der Waals surface area contributed by atoms with Gasteiger partial charge >= 0.3 is 29.6 Å². The third-order valence-electron chi connectivity index (χ3n) is 7.72. The van der Waals surface area contributed by atoms with Crippen LogP contribution in [0.4, 0.5) is 4.39 Å². The van der Waals surface area contributed by atoms with Gasteiger partial charge in [0, 0.05) is 42.7 Å². The predicted octanol–water partition coefficient (Wildman–Crippen LogP) is 0.474. The van der Waals surface area contributed by atoms with Crippen LogP contribution < -0.4 is 29.6 Å². The van der Waals surface area contributed by atoms with Gasteiger partial charge in [0.15, 0.2) is 0 Å². The van der Waals surface area contributed by atoms with E-state index in [1.165, 1.54) is 12.8 Å². The number of carbonyl (C=O) groups is 1. The maximum absolute atomic E-state index is 13.0. The molecule has 2 aromatic heterocycles. The number of fused-ring (bicyclic) bond motifs is 2. The molecule has 7 nitrogen and oxygen atoms in total. The standard InChI is InChI=1S/C27H32FN6O.Na/c28-7-10-33-11-12-34-25(18-33)23(16-30-34)21-3-4-22-15-29-27(31-24(22)13-21)14-26(35)20-5-8-32(9-6-20)17-19-1-2-19;/h3-4,13,15-16,20H,1-2,5-12,14,17-18H2;/q-1;+1. The topological polar surface area (TPSA) is 67.2 Å². The Balaban J connectivity index is 0.00000267. The number of halogens is 1. The number of hydrogen-bond donors (Lipinski definition) is 0. The molecule has 0 spiro atoms. The van der Waals surface area contributed by atoms with Crippen LogP contribution in [0, 0.1) is 11.8 Å². The molecule has 1 saturated carbocycles. The second kappa shape index (κ2) is 11.4. The number of likely N-dealkylation sites (tertiary alicyclic amines) is 1. The van der Waals surface area contributed by atoms with Gasteiger partial charge in [-0.3, -0.25) is 14.4 Å². The Labute approximate surface area is 233 Å². The first-order chi connectivity index (χ1) is 17.2. The molecule has 9 heteroatoms. The zero-order valence-corrected chi connectivity index (χ0v) is 23.1. The summed E-state index contributed by atoms with van der Waals surface area (Å²) in [5.41, 5.74) is 4.05. The Morgan fingerprint density at radius 3 is 2.69 bits per heavy atom. The third-order valence-corrected chi connectivity index (χ3v) is 7.72. The van der Waals surface area contributed by atoms with E-state index in [0.29, 0.717) is 25.3 Å². The zero-order valence-electron chi connectivity index (χ0n) is 21.1. The minimum atomic E-state index is -0.337. The molecule has 184 valence electrons. The Bertz CT molecular complexity index is 1220. The summed E-state index contributed by atoms with van der Waals surface area (Å²) in [6, 6.07) is 6.15. The van der Waals surface area contributed by atoms with Crippen LogP contribution in [0.15, 0.2) is 30.6 Å². The SMILES string of the molecule is O=C(Cc1ncc2ccc(-c3cnn4c3CN(CCF)CC4)cc2n1)C1CCN(C[C-]2CC2)CC1.[Na+]. The molecule has 4 heterocycles. The largest absolute Gasteiger partial charge is 1.00 e. The number of alkyl halides is 1. The minimum Gasteiger partial charge on any atom is -0.332 e. The summed E-state index contributed by atoms with van der Waals surface area (Å²) < 4.78 is 14.9. The maximum Gasteiger partial charge on any atom is 1.00 e. The number of nitrogens with zero attached hydrogens (tertiary/aromatic N) is 6. The molecule has 6 rings (SSSR count). The van der Waals surface area contributed by atoms with E-state index >= 15 is 0 Å². The Morgan fingerprint density at radius 1 is 1.08 bits per heavy atom. The molecule has 0 N–H and O–H groups in total. The number of Topliss-reactive ketones (excluding diaryl/α,β-unsaturated/α-hetero) is 1. The molecule has 0 amide bonds. The summed E-state index contributed by atoms with van der Waals surface area (Å²) in [7, 11) is 0. The predicted molar refractivity (Wildman–Crippen MR) is 132 cm³/mol. The third kappa shape index (κ3) is 5.73. The van der Waals surface area contributed by atoms with E-state index in [4.69, 9.17) is 4.98 Å². The van der Waals surface area contributed by atoms with Crippen molar-refractivity contribution in [3.63, 3.8) is 0 Å². The van der Waals surface area contributed by atoms with Crippen molar-refractivity contribution >= 4 is 16.7 Å². The maximum atomic E-state index is 13.0. The molecular formula is C27H32FN6NaO. The molecular weight excluding hydrogens is 466 g/mol. The first-order valence-electron chi connectivity index (χ1n) is 12.8. The zero-order chi connectivity index (χ0) is 23.8. The van der Waals surface area contributed by atoms with Crippen LogP contribution in [-0.2, 0) is 24.3 Å². The number of rotatable bonds is 8. The summed E-state index contributed by atoms with van der Waals surface area (Å²) in [4.78, 5) is 26.9.